The molecule has 1 aliphatic carbocycles. The fourth-order valence-corrected chi connectivity index (χ4v) is 3.06. The van der Waals surface area contributed by atoms with Gasteiger partial charge in [0, 0.05) is 5.54 Å². The molecule has 4 rings (SSSR count). The Bertz CT molecular complexity index is 845. The van der Waals surface area contributed by atoms with Crippen molar-refractivity contribution in [3.63, 3.8) is 0 Å². The van der Waals surface area contributed by atoms with Crippen LogP contribution in [0, 0.1) is 5.82 Å². The Balaban J connectivity index is 0.00000144. The topological polar surface area (TPSA) is 77.5 Å². The van der Waals surface area contributed by atoms with Crippen molar-refractivity contribution in [2.45, 2.75) is 31.3 Å². The Morgan fingerprint density at radius 1 is 1.50 bits per heavy atom. The second-order valence-corrected chi connectivity index (χ2v) is 6.03. The average Bonchev–Trinajstić information content (AvgIpc) is 3.17. The zero-order valence-electron chi connectivity index (χ0n) is 11.9. The van der Waals surface area contributed by atoms with Crippen LogP contribution >= 0.6 is 12.4 Å². The van der Waals surface area contributed by atoms with E-state index in [-0.39, 0.29) is 29.6 Å². The normalized spacial score (nSPS) is 21.1. The minimum absolute atomic E-state index is 0. The molecule has 2 aliphatic rings. The third-order valence-corrected chi connectivity index (χ3v) is 4.43. The summed E-state index contributed by atoms with van der Waals surface area (Å²) in [5.41, 5.74) is 5.73. The van der Waals surface area contributed by atoms with E-state index in [0.717, 1.165) is 0 Å². The van der Waals surface area contributed by atoms with Crippen LogP contribution in [0.15, 0.2) is 17.1 Å². The maximum absolute atomic E-state index is 14.5. The molecule has 1 aromatic carbocycles. The van der Waals surface area contributed by atoms with Crippen LogP contribution in [0.1, 0.15) is 31.4 Å². The van der Waals surface area contributed by atoms with Gasteiger partial charge in [-0.05, 0) is 25.8 Å². The number of rotatable bonds is 1. The summed E-state index contributed by atoms with van der Waals surface area (Å²) in [7, 11) is 0. The lowest BCUT2D eigenvalue weighted by molar-refractivity contribution is 0.240. The van der Waals surface area contributed by atoms with Gasteiger partial charge in [0.15, 0.2) is 11.5 Å². The van der Waals surface area contributed by atoms with E-state index in [1.165, 1.54) is 12.3 Å². The maximum atomic E-state index is 14.5. The lowest BCUT2D eigenvalue weighted by atomic mass is 9.99. The van der Waals surface area contributed by atoms with Gasteiger partial charge >= 0.3 is 0 Å². The molecular weight excluding hydrogens is 311 g/mol. The summed E-state index contributed by atoms with van der Waals surface area (Å²) < 4.78 is 22.0. The van der Waals surface area contributed by atoms with E-state index in [2.05, 4.69) is 0 Å². The highest BCUT2D eigenvalue weighted by Gasteiger charge is 2.46. The van der Waals surface area contributed by atoms with Gasteiger partial charge in [0.1, 0.15) is 12.4 Å². The molecule has 5 nitrogen and oxygen atoms in total. The molecule has 22 heavy (non-hydrogen) atoms. The molecule has 1 aliphatic heterocycles. The lowest BCUT2D eigenvalue weighted by Gasteiger charge is -2.29. The summed E-state index contributed by atoms with van der Waals surface area (Å²) in [6, 6.07) is 1.11. The van der Waals surface area contributed by atoms with E-state index in [1.54, 1.807) is 4.57 Å². The van der Waals surface area contributed by atoms with Gasteiger partial charge in [-0.15, -0.1) is 12.4 Å². The fraction of sp³-hybridized carbons (Fsp3) is 0.400. The molecule has 0 amide bonds. The highest BCUT2D eigenvalue weighted by Crippen LogP contribution is 2.50. The Labute approximate surface area is 131 Å². The van der Waals surface area contributed by atoms with Crippen LogP contribution in [-0.2, 0) is 5.54 Å². The minimum atomic E-state index is -0.701. The molecule has 1 fully saturated rings. The third kappa shape index (κ3) is 1.84. The first kappa shape index (κ1) is 15.1. The first-order valence-electron chi connectivity index (χ1n) is 6.95. The molecule has 2 aromatic rings. The smallest absolute Gasteiger partial charge is 0.231 e. The van der Waals surface area contributed by atoms with Gasteiger partial charge in [-0.25, -0.2) is 4.39 Å². The predicted octanol–water partition coefficient (Wildman–Crippen LogP) is 2.17. The van der Waals surface area contributed by atoms with Gasteiger partial charge in [-0.3, -0.25) is 4.79 Å². The van der Waals surface area contributed by atoms with Gasteiger partial charge < -0.3 is 20.1 Å². The lowest BCUT2D eigenvalue weighted by Crippen LogP contribution is -2.28. The minimum Gasteiger partial charge on any atom is -0.503 e. The number of hydrogen-bond acceptors (Lipinski definition) is 4. The summed E-state index contributed by atoms with van der Waals surface area (Å²) in [4.78, 5) is 12.1. The van der Waals surface area contributed by atoms with Gasteiger partial charge in [-0.1, -0.05) is 0 Å². The van der Waals surface area contributed by atoms with Gasteiger partial charge in [0.25, 0.3) is 0 Å². The molecule has 1 atom stereocenters. The van der Waals surface area contributed by atoms with Crippen LogP contribution in [0.2, 0.25) is 0 Å². The summed E-state index contributed by atoms with van der Waals surface area (Å²) in [6.45, 7) is 2.25. The number of halogens is 2. The quantitative estimate of drug-likeness (QED) is 0.842. The van der Waals surface area contributed by atoms with Crippen LogP contribution in [0.5, 0.6) is 11.5 Å². The molecule has 7 heteroatoms. The standard InChI is InChI=1S/C15H15FN2O3.ClH/c1-7-6-21-14-11(15(17)2-3-15)9(16)4-8-12(14)18(7)5-10(19)13(8)20;/h4-5,7,19H,2-3,6,17H2,1H3;1H/t7-;/m0./s1. The molecular formula is C15H16ClFN2O3. The second kappa shape index (κ2) is 4.60. The van der Waals surface area contributed by atoms with Crippen molar-refractivity contribution in [1.82, 2.24) is 4.57 Å². The van der Waals surface area contributed by atoms with Gasteiger partial charge in [-0.2, -0.15) is 0 Å². The number of nitrogens with two attached hydrogens (primary N) is 1. The molecule has 0 bridgehead atoms. The average molecular weight is 327 g/mol. The Hall–Kier alpha value is -1.79. The Morgan fingerprint density at radius 3 is 2.82 bits per heavy atom. The number of aromatic hydroxyl groups is 1. The maximum Gasteiger partial charge on any atom is 0.231 e. The molecule has 1 aromatic heterocycles. The van der Waals surface area contributed by atoms with Crippen molar-refractivity contribution in [2.75, 3.05) is 6.61 Å². The van der Waals surface area contributed by atoms with E-state index >= 15 is 0 Å². The van der Waals surface area contributed by atoms with Gasteiger partial charge in [0.2, 0.25) is 5.43 Å². The molecule has 0 saturated heterocycles. The summed E-state index contributed by atoms with van der Waals surface area (Å²) >= 11 is 0. The molecule has 0 radical (unpaired) electrons. The van der Waals surface area contributed by atoms with Crippen LogP contribution < -0.4 is 15.9 Å². The number of aromatic nitrogens is 1. The predicted molar refractivity (Wildman–Crippen MR) is 82.4 cm³/mol. The molecule has 0 unspecified atom stereocenters. The van der Waals surface area contributed by atoms with E-state index in [1.807, 2.05) is 6.92 Å². The number of nitrogens with zero attached hydrogens (tertiary/aromatic N) is 1. The highest BCUT2D eigenvalue weighted by atomic mass is 35.5. The van der Waals surface area contributed by atoms with E-state index in [4.69, 9.17) is 10.5 Å². The highest BCUT2D eigenvalue weighted by molar-refractivity contribution is 5.88. The van der Waals surface area contributed by atoms with Crippen molar-refractivity contribution in [3.05, 3.63) is 33.9 Å². The zero-order valence-corrected chi connectivity index (χ0v) is 12.7. The van der Waals surface area contributed by atoms with Crippen LogP contribution in [0.3, 0.4) is 0 Å². The van der Waals surface area contributed by atoms with E-state index in [0.29, 0.717) is 36.3 Å². The largest absolute Gasteiger partial charge is 0.503 e. The van der Waals surface area contributed by atoms with Crippen molar-refractivity contribution in [3.8, 4) is 11.5 Å². The molecule has 0 spiro atoms. The summed E-state index contributed by atoms with van der Waals surface area (Å²) in [6.07, 6.45) is 2.78. The monoisotopic (exact) mass is 326 g/mol. The fourth-order valence-electron chi connectivity index (χ4n) is 3.06. The first-order valence-corrected chi connectivity index (χ1v) is 6.95. The van der Waals surface area contributed by atoms with Crippen LogP contribution in [0.4, 0.5) is 4.39 Å². The third-order valence-electron chi connectivity index (χ3n) is 4.43. The number of hydrogen-bond donors (Lipinski definition) is 2. The number of benzene rings is 1. The Kier molecular flexibility index (Phi) is 3.16. The zero-order chi connectivity index (χ0) is 14.9. The number of ether oxygens (including phenoxy) is 1. The first-order chi connectivity index (χ1) is 9.92. The Morgan fingerprint density at radius 2 is 2.18 bits per heavy atom. The molecule has 1 saturated carbocycles. The van der Waals surface area contributed by atoms with Crippen molar-refractivity contribution in [1.29, 1.82) is 0 Å². The second-order valence-electron chi connectivity index (χ2n) is 6.03. The summed E-state index contributed by atoms with van der Waals surface area (Å²) in [5, 5.41) is 9.90. The van der Waals surface area contributed by atoms with Crippen LogP contribution in [-0.4, -0.2) is 16.3 Å². The number of pyridine rings is 1. The van der Waals surface area contributed by atoms with E-state index in [9.17, 15) is 14.3 Å². The summed E-state index contributed by atoms with van der Waals surface area (Å²) in [5.74, 6) is -0.579. The van der Waals surface area contributed by atoms with Crippen molar-refractivity contribution < 1.29 is 14.2 Å². The van der Waals surface area contributed by atoms with E-state index < -0.39 is 16.8 Å². The van der Waals surface area contributed by atoms with Crippen molar-refractivity contribution >= 4 is 23.3 Å². The molecule has 2 heterocycles. The van der Waals surface area contributed by atoms with Gasteiger partial charge in [0.05, 0.1) is 28.7 Å². The van der Waals surface area contributed by atoms with Crippen molar-refractivity contribution in [2.24, 2.45) is 5.73 Å². The SMILES string of the molecule is C[C@H]1COc2c(C3(N)CC3)c(F)cc3c(=O)c(O)cn1c23.Cl. The van der Waals surface area contributed by atoms with Crippen LogP contribution in [0.25, 0.3) is 10.9 Å². The molecule has 3 N–H and O–H groups in total. The molecule has 118 valence electrons.